The molecule has 0 spiro atoms. The number of aliphatic imine (C=N–C) groups is 1. The van der Waals surface area contributed by atoms with Gasteiger partial charge >= 0.3 is 0 Å². The fourth-order valence-corrected chi connectivity index (χ4v) is 1.06. The van der Waals surface area contributed by atoms with Crippen molar-refractivity contribution in [1.29, 1.82) is 0 Å². The van der Waals surface area contributed by atoms with Gasteiger partial charge in [0.05, 0.1) is 7.11 Å². The number of nitrogens with zero attached hydrogens (tertiary/aromatic N) is 1. The molecule has 0 unspecified atom stereocenters. The molecular weight excluding hydrogens is 196 g/mol. The van der Waals surface area contributed by atoms with Crippen LogP contribution in [0.4, 0.5) is 5.69 Å². The molecule has 1 aromatic rings. The van der Waals surface area contributed by atoms with Crippen LogP contribution in [0.25, 0.3) is 0 Å². The summed E-state index contributed by atoms with van der Waals surface area (Å²) in [7, 11) is 1.45. The zero-order valence-electron chi connectivity index (χ0n) is 8.23. The lowest BCUT2D eigenvalue weighted by Crippen LogP contribution is -2.22. The Hall–Kier alpha value is -2.24. The van der Waals surface area contributed by atoms with Crippen molar-refractivity contribution in [3.05, 3.63) is 23.8 Å². The minimum atomic E-state index is -0.537. The van der Waals surface area contributed by atoms with Crippen molar-refractivity contribution in [3.63, 3.8) is 0 Å². The second-order valence-corrected chi connectivity index (χ2v) is 2.79. The Labute approximate surface area is 86.7 Å². The van der Waals surface area contributed by atoms with Gasteiger partial charge in [-0.1, -0.05) is 0 Å². The first-order chi connectivity index (χ1) is 7.04. The third kappa shape index (κ3) is 2.60. The van der Waals surface area contributed by atoms with Crippen molar-refractivity contribution >= 4 is 17.6 Å². The van der Waals surface area contributed by atoms with Gasteiger partial charge in [-0.05, 0) is 18.2 Å². The third-order valence-corrected chi connectivity index (χ3v) is 1.71. The molecule has 0 heterocycles. The highest BCUT2D eigenvalue weighted by Gasteiger charge is 2.06. The third-order valence-electron chi connectivity index (χ3n) is 1.71. The highest BCUT2D eigenvalue weighted by molar-refractivity contribution is 5.94. The maximum absolute atomic E-state index is 10.9. The fraction of sp³-hybridized carbons (Fsp3) is 0.111. The minimum Gasteiger partial charge on any atom is -0.494 e. The van der Waals surface area contributed by atoms with Gasteiger partial charge in [-0.2, -0.15) is 0 Å². The molecule has 0 bridgehead atoms. The van der Waals surface area contributed by atoms with Crippen LogP contribution in [-0.4, -0.2) is 19.0 Å². The summed E-state index contributed by atoms with van der Waals surface area (Å²) < 4.78 is 5.01. The van der Waals surface area contributed by atoms with Crippen molar-refractivity contribution in [2.45, 2.75) is 0 Å². The second kappa shape index (κ2) is 4.32. The summed E-state index contributed by atoms with van der Waals surface area (Å²) in [5.41, 5.74) is 16.3. The zero-order chi connectivity index (χ0) is 11.4. The normalized spacial score (nSPS) is 9.40. The fourth-order valence-electron chi connectivity index (χ4n) is 1.06. The van der Waals surface area contributed by atoms with Crippen LogP contribution in [0.1, 0.15) is 10.4 Å². The molecule has 80 valence electrons. The largest absolute Gasteiger partial charge is 0.494 e. The lowest BCUT2D eigenvalue weighted by Gasteiger charge is -2.05. The van der Waals surface area contributed by atoms with Gasteiger partial charge in [-0.15, -0.1) is 0 Å². The second-order valence-electron chi connectivity index (χ2n) is 2.79. The Bertz CT molecular complexity index is 411. The molecule has 0 saturated heterocycles. The molecule has 6 heteroatoms. The number of hydrogen-bond donors (Lipinski definition) is 3. The molecule has 1 aromatic carbocycles. The molecule has 0 aromatic heterocycles. The van der Waals surface area contributed by atoms with Gasteiger partial charge in [0.25, 0.3) is 0 Å². The molecule has 0 saturated carbocycles. The highest BCUT2D eigenvalue weighted by atomic mass is 16.5. The van der Waals surface area contributed by atoms with Crippen LogP contribution >= 0.6 is 0 Å². The van der Waals surface area contributed by atoms with Gasteiger partial charge in [0, 0.05) is 5.56 Å². The van der Waals surface area contributed by atoms with Crippen LogP contribution in [-0.2, 0) is 0 Å². The zero-order valence-corrected chi connectivity index (χ0v) is 8.23. The molecule has 6 nitrogen and oxygen atoms in total. The number of nitrogens with two attached hydrogens (primary N) is 3. The summed E-state index contributed by atoms with van der Waals surface area (Å²) in [5.74, 6) is -0.232. The minimum absolute atomic E-state index is 0.0832. The van der Waals surface area contributed by atoms with Gasteiger partial charge in [-0.25, -0.2) is 4.99 Å². The van der Waals surface area contributed by atoms with E-state index in [1.54, 1.807) is 6.07 Å². The number of methoxy groups -OCH3 is 1. The lowest BCUT2D eigenvalue weighted by molar-refractivity contribution is 0.1000. The van der Waals surface area contributed by atoms with Gasteiger partial charge < -0.3 is 21.9 Å². The number of carbonyl (C=O) groups excluding carboxylic acids is 1. The van der Waals surface area contributed by atoms with E-state index in [4.69, 9.17) is 21.9 Å². The summed E-state index contributed by atoms with van der Waals surface area (Å²) in [6, 6.07) is 4.55. The maximum atomic E-state index is 10.9. The Morgan fingerprint density at radius 3 is 2.47 bits per heavy atom. The number of primary amides is 1. The van der Waals surface area contributed by atoms with E-state index in [9.17, 15) is 4.79 Å². The Morgan fingerprint density at radius 1 is 1.33 bits per heavy atom. The SMILES string of the molecule is COc1cc(C(N)=O)ccc1N=C(N)N. The van der Waals surface area contributed by atoms with Crippen molar-refractivity contribution < 1.29 is 9.53 Å². The molecule has 0 atom stereocenters. The van der Waals surface area contributed by atoms with E-state index in [1.165, 1.54) is 19.2 Å². The van der Waals surface area contributed by atoms with Crippen molar-refractivity contribution in [1.82, 2.24) is 0 Å². The molecule has 0 radical (unpaired) electrons. The molecule has 0 aliphatic rings. The van der Waals surface area contributed by atoms with Crippen molar-refractivity contribution in [3.8, 4) is 5.75 Å². The van der Waals surface area contributed by atoms with E-state index in [1.807, 2.05) is 0 Å². The average Bonchev–Trinajstić information content (AvgIpc) is 2.17. The molecule has 1 amide bonds. The van der Waals surface area contributed by atoms with Gasteiger partial charge in [0.1, 0.15) is 11.4 Å². The van der Waals surface area contributed by atoms with Crippen LogP contribution < -0.4 is 21.9 Å². The van der Waals surface area contributed by atoms with E-state index < -0.39 is 5.91 Å². The number of hydrogen-bond acceptors (Lipinski definition) is 3. The van der Waals surface area contributed by atoms with Gasteiger partial charge in [0.15, 0.2) is 5.96 Å². The molecule has 1 rings (SSSR count). The summed E-state index contributed by atoms with van der Waals surface area (Å²) in [6.07, 6.45) is 0. The Balaban J connectivity index is 3.21. The van der Waals surface area contributed by atoms with E-state index in [0.717, 1.165) is 0 Å². The number of amides is 1. The Morgan fingerprint density at radius 2 is 2.00 bits per heavy atom. The molecule has 0 aliphatic heterocycles. The standard InChI is InChI=1S/C9H12N4O2/c1-15-7-4-5(8(10)14)2-3-6(7)13-9(11)12/h2-4H,1H3,(H2,10,14)(H4,11,12,13). The molecule has 6 N–H and O–H groups in total. The number of ether oxygens (including phenoxy) is 1. The molecule has 0 fully saturated rings. The van der Waals surface area contributed by atoms with Crippen LogP contribution in [0.3, 0.4) is 0 Å². The number of rotatable bonds is 3. The average molecular weight is 208 g/mol. The quantitative estimate of drug-likeness (QED) is 0.467. The summed E-state index contributed by atoms with van der Waals surface area (Å²) in [6.45, 7) is 0. The topological polar surface area (TPSA) is 117 Å². The van der Waals surface area contributed by atoms with Crippen LogP contribution in [0.2, 0.25) is 0 Å². The first kappa shape index (κ1) is 10.8. The maximum Gasteiger partial charge on any atom is 0.248 e. The predicted octanol–water partition coefficient (Wildman–Crippen LogP) is -0.301. The van der Waals surface area contributed by atoms with Crippen LogP contribution in [0.5, 0.6) is 5.75 Å². The lowest BCUT2D eigenvalue weighted by atomic mass is 10.2. The highest BCUT2D eigenvalue weighted by Crippen LogP contribution is 2.27. The van der Waals surface area contributed by atoms with Gasteiger partial charge in [-0.3, -0.25) is 4.79 Å². The summed E-state index contributed by atoms with van der Waals surface area (Å²) in [4.78, 5) is 14.7. The van der Waals surface area contributed by atoms with E-state index in [2.05, 4.69) is 4.99 Å². The number of guanidine groups is 1. The monoisotopic (exact) mass is 208 g/mol. The van der Waals surface area contributed by atoms with E-state index >= 15 is 0 Å². The van der Waals surface area contributed by atoms with Gasteiger partial charge in [0.2, 0.25) is 5.91 Å². The smallest absolute Gasteiger partial charge is 0.248 e. The van der Waals surface area contributed by atoms with Crippen LogP contribution in [0, 0.1) is 0 Å². The van der Waals surface area contributed by atoms with E-state index in [0.29, 0.717) is 17.0 Å². The van der Waals surface area contributed by atoms with Crippen molar-refractivity contribution in [2.75, 3.05) is 7.11 Å². The number of benzene rings is 1. The predicted molar refractivity (Wildman–Crippen MR) is 57.0 cm³/mol. The molecule has 0 aliphatic carbocycles. The molecule has 15 heavy (non-hydrogen) atoms. The first-order valence-electron chi connectivity index (χ1n) is 4.12. The van der Waals surface area contributed by atoms with Crippen LogP contribution in [0.15, 0.2) is 23.2 Å². The van der Waals surface area contributed by atoms with E-state index in [-0.39, 0.29) is 5.96 Å². The first-order valence-corrected chi connectivity index (χ1v) is 4.12. The van der Waals surface area contributed by atoms with Crippen molar-refractivity contribution in [2.24, 2.45) is 22.2 Å². The number of carbonyl (C=O) groups is 1. The molecular formula is C9H12N4O2. The summed E-state index contributed by atoms with van der Waals surface area (Å²) >= 11 is 0. The Kier molecular flexibility index (Phi) is 3.12. The summed E-state index contributed by atoms with van der Waals surface area (Å²) in [5, 5.41) is 0.